The summed E-state index contributed by atoms with van der Waals surface area (Å²) in [5.41, 5.74) is 9.89. The maximum atomic E-state index is 4.42. The van der Waals surface area contributed by atoms with Crippen molar-refractivity contribution in [3.05, 3.63) is 70.4 Å². The van der Waals surface area contributed by atoms with Crippen LogP contribution in [0.15, 0.2) is 47.6 Å². The van der Waals surface area contributed by atoms with Crippen LogP contribution in [0.4, 0.5) is 11.4 Å². The molecule has 2 aromatic carbocycles. The summed E-state index contributed by atoms with van der Waals surface area (Å²) in [5, 5.41) is 6.92. The highest BCUT2D eigenvalue weighted by molar-refractivity contribution is 6.04. The fourth-order valence-electron chi connectivity index (χ4n) is 3.90. The molecular weight excluding hydrogens is 344 g/mol. The third-order valence-corrected chi connectivity index (χ3v) is 5.48. The number of anilines is 2. The molecule has 0 atom stereocenters. The first-order valence-electron chi connectivity index (χ1n) is 10.0. The van der Waals surface area contributed by atoms with Crippen molar-refractivity contribution < 1.29 is 0 Å². The van der Waals surface area contributed by atoms with E-state index in [-0.39, 0.29) is 0 Å². The van der Waals surface area contributed by atoms with E-state index in [0.29, 0.717) is 0 Å². The molecule has 0 bridgehead atoms. The standard InChI is InChI=1S/C24H32N4/c1-7-19(5)28-11-10-20-8-9-22(14-21(20)15-28)26-24(25-6)27-23-17(3)12-16(2)13-18(23)4/h8-9,12-14H,5,7,10-11,15H2,1-4,6H3,(H2,25,26,27). The predicted molar refractivity (Wildman–Crippen MR) is 121 cm³/mol. The van der Waals surface area contributed by atoms with E-state index >= 15 is 0 Å². The van der Waals surface area contributed by atoms with Gasteiger partial charge in [-0.3, -0.25) is 4.99 Å². The van der Waals surface area contributed by atoms with Crippen LogP contribution < -0.4 is 10.6 Å². The molecule has 1 aliphatic heterocycles. The molecule has 3 rings (SSSR count). The Kier molecular flexibility index (Phi) is 6.08. The molecule has 0 saturated heterocycles. The number of rotatable bonds is 4. The summed E-state index contributed by atoms with van der Waals surface area (Å²) in [6.07, 6.45) is 2.07. The van der Waals surface area contributed by atoms with Gasteiger partial charge in [-0.1, -0.05) is 37.3 Å². The Labute approximate surface area is 169 Å². The molecule has 0 fully saturated rings. The number of benzene rings is 2. The second-order valence-electron chi connectivity index (χ2n) is 7.67. The molecule has 4 nitrogen and oxygen atoms in total. The van der Waals surface area contributed by atoms with Gasteiger partial charge in [-0.05, 0) is 68.0 Å². The van der Waals surface area contributed by atoms with Crippen molar-refractivity contribution in [2.24, 2.45) is 4.99 Å². The summed E-state index contributed by atoms with van der Waals surface area (Å²) in [5.74, 6) is 0.751. The van der Waals surface area contributed by atoms with Gasteiger partial charge < -0.3 is 15.5 Å². The van der Waals surface area contributed by atoms with Crippen LogP contribution in [-0.4, -0.2) is 24.5 Å². The van der Waals surface area contributed by atoms with E-state index < -0.39 is 0 Å². The van der Waals surface area contributed by atoms with E-state index in [1.165, 1.54) is 33.5 Å². The highest BCUT2D eigenvalue weighted by Gasteiger charge is 2.17. The molecule has 0 amide bonds. The molecule has 1 heterocycles. The molecule has 4 heteroatoms. The molecule has 28 heavy (non-hydrogen) atoms. The average molecular weight is 377 g/mol. The van der Waals surface area contributed by atoms with Gasteiger partial charge in [0.15, 0.2) is 5.96 Å². The van der Waals surface area contributed by atoms with Gasteiger partial charge in [0.1, 0.15) is 0 Å². The van der Waals surface area contributed by atoms with Crippen LogP contribution in [0, 0.1) is 20.8 Å². The Bertz CT molecular complexity index is 888. The Morgan fingerprint density at radius 1 is 1.07 bits per heavy atom. The molecule has 0 aromatic heterocycles. The molecule has 0 radical (unpaired) electrons. The van der Waals surface area contributed by atoms with Crippen LogP contribution in [-0.2, 0) is 13.0 Å². The molecule has 2 N–H and O–H groups in total. The van der Waals surface area contributed by atoms with Crippen LogP contribution in [0.1, 0.15) is 41.2 Å². The van der Waals surface area contributed by atoms with E-state index in [2.05, 4.69) is 85.1 Å². The average Bonchev–Trinajstić information content (AvgIpc) is 2.68. The minimum atomic E-state index is 0.751. The van der Waals surface area contributed by atoms with Crippen molar-refractivity contribution in [2.45, 2.75) is 47.1 Å². The summed E-state index contributed by atoms with van der Waals surface area (Å²) in [6, 6.07) is 11.0. The minimum absolute atomic E-state index is 0.751. The topological polar surface area (TPSA) is 39.7 Å². The lowest BCUT2D eigenvalue weighted by atomic mass is 9.98. The van der Waals surface area contributed by atoms with Gasteiger partial charge in [0.05, 0.1) is 0 Å². The summed E-state index contributed by atoms with van der Waals surface area (Å²) in [6.45, 7) is 14.7. The normalized spacial score (nSPS) is 13.9. The fourth-order valence-corrected chi connectivity index (χ4v) is 3.90. The Balaban J connectivity index is 1.77. The van der Waals surface area contributed by atoms with Crippen LogP contribution >= 0.6 is 0 Å². The SMILES string of the molecule is C=C(CC)N1CCc2ccc(N/C(=N/C)Nc3c(C)cc(C)cc3C)cc2C1. The maximum Gasteiger partial charge on any atom is 0.200 e. The van der Waals surface area contributed by atoms with Gasteiger partial charge in [-0.25, -0.2) is 0 Å². The van der Waals surface area contributed by atoms with Crippen molar-refractivity contribution in [2.75, 3.05) is 24.2 Å². The van der Waals surface area contributed by atoms with Gasteiger partial charge >= 0.3 is 0 Å². The first kappa shape index (κ1) is 20.0. The number of fused-ring (bicyclic) bond motifs is 1. The Morgan fingerprint density at radius 3 is 2.43 bits per heavy atom. The lowest BCUT2D eigenvalue weighted by molar-refractivity contribution is 0.315. The lowest BCUT2D eigenvalue weighted by Crippen LogP contribution is -2.29. The highest BCUT2D eigenvalue weighted by atomic mass is 15.2. The first-order valence-corrected chi connectivity index (χ1v) is 10.0. The minimum Gasteiger partial charge on any atom is -0.371 e. The second kappa shape index (κ2) is 8.51. The van der Waals surface area contributed by atoms with Crippen molar-refractivity contribution in [1.82, 2.24) is 4.90 Å². The largest absolute Gasteiger partial charge is 0.371 e. The summed E-state index contributed by atoms with van der Waals surface area (Å²) in [7, 11) is 1.81. The first-order chi connectivity index (χ1) is 13.4. The number of nitrogens with zero attached hydrogens (tertiary/aromatic N) is 2. The summed E-state index contributed by atoms with van der Waals surface area (Å²) in [4.78, 5) is 6.81. The van der Waals surface area contributed by atoms with Gasteiger partial charge in [-0.2, -0.15) is 0 Å². The fraction of sp³-hybridized carbons (Fsp3) is 0.375. The van der Waals surface area contributed by atoms with Gasteiger partial charge in [0.2, 0.25) is 0 Å². The second-order valence-corrected chi connectivity index (χ2v) is 7.67. The van der Waals surface area contributed by atoms with Crippen molar-refractivity contribution in [3.8, 4) is 0 Å². The van der Waals surface area contributed by atoms with Gasteiger partial charge in [0, 0.05) is 37.2 Å². The maximum absolute atomic E-state index is 4.42. The molecule has 0 unspecified atom stereocenters. The van der Waals surface area contributed by atoms with Crippen molar-refractivity contribution in [1.29, 1.82) is 0 Å². The smallest absolute Gasteiger partial charge is 0.200 e. The van der Waals surface area contributed by atoms with Gasteiger partial charge in [0.25, 0.3) is 0 Å². The van der Waals surface area contributed by atoms with E-state index in [9.17, 15) is 0 Å². The molecular formula is C24H32N4. The predicted octanol–water partition coefficient (Wildman–Crippen LogP) is 5.40. The molecule has 0 spiro atoms. The van der Waals surface area contributed by atoms with Crippen LogP contribution in [0.2, 0.25) is 0 Å². The Hall–Kier alpha value is -2.75. The molecule has 0 aliphatic carbocycles. The monoisotopic (exact) mass is 376 g/mol. The van der Waals surface area contributed by atoms with Gasteiger partial charge in [-0.15, -0.1) is 0 Å². The van der Waals surface area contributed by atoms with Crippen molar-refractivity contribution in [3.63, 3.8) is 0 Å². The number of hydrogen-bond donors (Lipinski definition) is 2. The molecule has 148 valence electrons. The number of hydrogen-bond acceptors (Lipinski definition) is 2. The molecule has 1 aliphatic rings. The molecule has 0 saturated carbocycles. The third kappa shape index (κ3) is 4.38. The van der Waals surface area contributed by atoms with E-state index in [0.717, 1.165) is 43.3 Å². The third-order valence-electron chi connectivity index (χ3n) is 5.48. The summed E-state index contributed by atoms with van der Waals surface area (Å²) < 4.78 is 0. The summed E-state index contributed by atoms with van der Waals surface area (Å²) >= 11 is 0. The quantitative estimate of drug-likeness (QED) is 0.554. The zero-order valence-electron chi connectivity index (χ0n) is 17.8. The van der Waals surface area contributed by atoms with Crippen LogP contribution in [0.5, 0.6) is 0 Å². The number of aliphatic imine (C=N–C) groups is 1. The van der Waals surface area contributed by atoms with Crippen molar-refractivity contribution >= 4 is 17.3 Å². The molecule has 2 aromatic rings. The zero-order valence-corrected chi connectivity index (χ0v) is 17.8. The van der Waals surface area contributed by atoms with E-state index in [1.807, 2.05) is 0 Å². The van der Waals surface area contributed by atoms with E-state index in [4.69, 9.17) is 0 Å². The number of guanidine groups is 1. The van der Waals surface area contributed by atoms with Crippen LogP contribution in [0.3, 0.4) is 0 Å². The number of allylic oxidation sites excluding steroid dienone is 1. The lowest BCUT2D eigenvalue weighted by Gasteiger charge is -2.32. The number of nitrogens with one attached hydrogen (secondary N) is 2. The highest BCUT2D eigenvalue weighted by Crippen LogP contribution is 2.26. The Morgan fingerprint density at radius 2 is 1.79 bits per heavy atom. The number of aryl methyl sites for hydroxylation is 3. The van der Waals surface area contributed by atoms with E-state index in [1.54, 1.807) is 7.05 Å². The van der Waals surface area contributed by atoms with Crippen LogP contribution in [0.25, 0.3) is 0 Å². The zero-order chi connectivity index (χ0) is 20.3.